The van der Waals surface area contributed by atoms with Gasteiger partial charge in [0.15, 0.2) is 5.82 Å². The molecule has 2 aromatic heterocycles. The summed E-state index contributed by atoms with van der Waals surface area (Å²) in [4.78, 5) is 20.6. The highest BCUT2D eigenvalue weighted by atomic mass is 16.5. The van der Waals surface area contributed by atoms with Crippen LogP contribution >= 0.6 is 0 Å². The molecule has 9 nitrogen and oxygen atoms in total. The second kappa shape index (κ2) is 7.26. The molecule has 0 aromatic carbocycles. The highest BCUT2D eigenvalue weighted by Gasteiger charge is 2.24. The molecule has 1 fully saturated rings. The van der Waals surface area contributed by atoms with Crippen molar-refractivity contribution in [2.45, 2.75) is 25.5 Å². The molecule has 1 aliphatic heterocycles. The molecule has 1 saturated heterocycles. The lowest BCUT2D eigenvalue weighted by molar-refractivity contribution is 0.0835. The van der Waals surface area contributed by atoms with E-state index in [-0.39, 0.29) is 24.4 Å². The zero-order chi connectivity index (χ0) is 16.9. The van der Waals surface area contributed by atoms with Gasteiger partial charge in [0.25, 0.3) is 11.8 Å². The molecule has 1 aliphatic rings. The highest BCUT2D eigenvalue weighted by molar-refractivity contribution is 5.96. The number of rotatable bonds is 6. The number of carbonyl (C=O) groups is 1. The third-order valence-corrected chi connectivity index (χ3v) is 3.58. The Labute approximate surface area is 138 Å². The van der Waals surface area contributed by atoms with Crippen LogP contribution in [0, 0.1) is 0 Å². The standard InChI is InChI=1S/C15H18N4O5/c1-21-12-6-5-9(14(18-12)22-2)13(20)16-8-11-17-15(24-19-11)10-4-3-7-23-10/h5-6,10H,3-4,7-8H2,1-2H3,(H,16,20). The first-order valence-electron chi connectivity index (χ1n) is 7.52. The van der Waals surface area contributed by atoms with Crippen LogP contribution in [0.15, 0.2) is 16.7 Å². The van der Waals surface area contributed by atoms with Crippen LogP contribution in [-0.2, 0) is 11.3 Å². The maximum absolute atomic E-state index is 12.3. The smallest absolute Gasteiger partial charge is 0.257 e. The molecule has 2 aromatic rings. The summed E-state index contributed by atoms with van der Waals surface area (Å²) in [6.07, 6.45) is 1.69. The molecule has 3 heterocycles. The summed E-state index contributed by atoms with van der Waals surface area (Å²) in [5, 5.41) is 6.55. The van der Waals surface area contributed by atoms with Crippen LogP contribution in [0.4, 0.5) is 0 Å². The van der Waals surface area contributed by atoms with Gasteiger partial charge in [-0.3, -0.25) is 4.79 Å². The summed E-state index contributed by atoms with van der Waals surface area (Å²) in [5.41, 5.74) is 0.293. The fourth-order valence-corrected chi connectivity index (χ4v) is 2.36. The molecule has 0 aliphatic carbocycles. The molecule has 1 N–H and O–H groups in total. The van der Waals surface area contributed by atoms with Crippen LogP contribution < -0.4 is 14.8 Å². The molecular weight excluding hydrogens is 316 g/mol. The average Bonchev–Trinajstić information content (AvgIpc) is 3.30. The van der Waals surface area contributed by atoms with Gasteiger partial charge in [0, 0.05) is 12.7 Å². The van der Waals surface area contributed by atoms with Crippen molar-refractivity contribution >= 4 is 5.91 Å². The fraction of sp³-hybridized carbons (Fsp3) is 0.467. The fourth-order valence-electron chi connectivity index (χ4n) is 2.36. The number of amides is 1. The van der Waals surface area contributed by atoms with Crippen LogP contribution in [0.3, 0.4) is 0 Å². The Morgan fingerprint density at radius 2 is 2.21 bits per heavy atom. The number of hydrogen-bond acceptors (Lipinski definition) is 8. The maximum atomic E-state index is 12.3. The quantitative estimate of drug-likeness (QED) is 0.841. The average molecular weight is 334 g/mol. The van der Waals surface area contributed by atoms with Crippen molar-refractivity contribution in [2.75, 3.05) is 20.8 Å². The number of pyridine rings is 1. The minimum Gasteiger partial charge on any atom is -0.481 e. The predicted molar refractivity (Wildman–Crippen MR) is 80.7 cm³/mol. The summed E-state index contributed by atoms with van der Waals surface area (Å²) < 4.78 is 20.8. The molecule has 128 valence electrons. The number of nitrogens with one attached hydrogen (secondary N) is 1. The van der Waals surface area contributed by atoms with E-state index in [4.69, 9.17) is 18.7 Å². The van der Waals surface area contributed by atoms with Crippen molar-refractivity contribution < 1.29 is 23.5 Å². The number of methoxy groups -OCH3 is 2. The lowest BCUT2D eigenvalue weighted by Gasteiger charge is -2.08. The summed E-state index contributed by atoms with van der Waals surface area (Å²) in [7, 11) is 2.93. The Kier molecular flexibility index (Phi) is 4.90. The van der Waals surface area contributed by atoms with Crippen LogP contribution in [0.2, 0.25) is 0 Å². The van der Waals surface area contributed by atoms with E-state index in [1.165, 1.54) is 14.2 Å². The topological polar surface area (TPSA) is 109 Å². The second-order valence-corrected chi connectivity index (χ2v) is 5.14. The third kappa shape index (κ3) is 3.46. The van der Waals surface area contributed by atoms with Crippen LogP contribution in [0.1, 0.15) is 41.0 Å². The van der Waals surface area contributed by atoms with Crippen LogP contribution in [0.5, 0.6) is 11.8 Å². The first-order valence-corrected chi connectivity index (χ1v) is 7.52. The molecule has 9 heteroatoms. The Hall–Kier alpha value is -2.68. The normalized spacial score (nSPS) is 16.8. The second-order valence-electron chi connectivity index (χ2n) is 5.14. The molecule has 0 spiro atoms. The highest BCUT2D eigenvalue weighted by Crippen LogP contribution is 2.26. The number of aromatic nitrogens is 3. The van der Waals surface area contributed by atoms with E-state index in [9.17, 15) is 4.79 Å². The molecular formula is C15H18N4O5. The summed E-state index contributed by atoms with van der Waals surface area (Å²) >= 11 is 0. The summed E-state index contributed by atoms with van der Waals surface area (Å²) in [5.74, 6) is 1.02. The van der Waals surface area contributed by atoms with Gasteiger partial charge >= 0.3 is 0 Å². The summed E-state index contributed by atoms with van der Waals surface area (Å²) in [6, 6.07) is 3.16. The van der Waals surface area contributed by atoms with E-state index < -0.39 is 0 Å². The Morgan fingerprint density at radius 1 is 1.33 bits per heavy atom. The number of hydrogen-bond donors (Lipinski definition) is 1. The van der Waals surface area contributed by atoms with Crippen LogP contribution in [0.25, 0.3) is 0 Å². The van der Waals surface area contributed by atoms with Gasteiger partial charge in [-0.1, -0.05) is 5.16 Å². The van der Waals surface area contributed by atoms with E-state index >= 15 is 0 Å². The van der Waals surface area contributed by atoms with E-state index in [0.717, 1.165) is 12.8 Å². The SMILES string of the molecule is COc1ccc(C(=O)NCc2noc(C3CCCO3)n2)c(OC)n1. The van der Waals surface area contributed by atoms with E-state index in [1.807, 2.05) is 0 Å². The Morgan fingerprint density at radius 3 is 2.92 bits per heavy atom. The molecule has 24 heavy (non-hydrogen) atoms. The van der Waals surface area contributed by atoms with Crippen molar-refractivity contribution in [3.05, 3.63) is 29.4 Å². The Bertz CT molecular complexity index is 712. The number of ether oxygens (including phenoxy) is 3. The number of nitrogens with zero attached hydrogens (tertiary/aromatic N) is 3. The lowest BCUT2D eigenvalue weighted by Crippen LogP contribution is -2.24. The molecule has 0 radical (unpaired) electrons. The van der Waals surface area contributed by atoms with Gasteiger partial charge < -0.3 is 24.1 Å². The van der Waals surface area contributed by atoms with E-state index in [0.29, 0.717) is 29.8 Å². The zero-order valence-electron chi connectivity index (χ0n) is 13.4. The van der Waals surface area contributed by atoms with Gasteiger partial charge in [0.2, 0.25) is 11.8 Å². The monoisotopic (exact) mass is 334 g/mol. The number of carbonyl (C=O) groups excluding carboxylic acids is 1. The first kappa shape index (κ1) is 16.2. The van der Waals surface area contributed by atoms with Gasteiger partial charge in [0.05, 0.1) is 20.8 Å². The lowest BCUT2D eigenvalue weighted by atomic mass is 10.2. The molecule has 0 saturated carbocycles. The predicted octanol–water partition coefficient (Wildman–Crippen LogP) is 1.26. The first-order chi connectivity index (χ1) is 11.7. The van der Waals surface area contributed by atoms with Crippen molar-refractivity contribution in [2.24, 2.45) is 0 Å². The van der Waals surface area contributed by atoms with E-state index in [1.54, 1.807) is 12.1 Å². The maximum Gasteiger partial charge on any atom is 0.257 e. The van der Waals surface area contributed by atoms with Gasteiger partial charge in [0.1, 0.15) is 11.7 Å². The summed E-state index contributed by atoms with van der Waals surface area (Å²) in [6.45, 7) is 0.827. The third-order valence-electron chi connectivity index (χ3n) is 3.58. The molecule has 1 amide bonds. The van der Waals surface area contributed by atoms with Crippen molar-refractivity contribution in [1.82, 2.24) is 20.4 Å². The van der Waals surface area contributed by atoms with E-state index in [2.05, 4.69) is 20.4 Å². The molecule has 3 rings (SSSR count). The van der Waals surface area contributed by atoms with Crippen molar-refractivity contribution in [3.8, 4) is 11.8 Å². The molecule has 1 atom stereocenters. The molecule has 0 bridgehead atoms. The molecule has 1 unspecified atom stereocenters. The van der Waals surface area contributed by atoms with Gasteiger partial charge in [-0.25, -0.2) is 0 Å². The van der Waals surface area contributed by atoms with Crippen LogP contribution in [-0.4, -0.2) is 41.9 Å². The minimum atomic E-state index is -0.356. The Balaban J connectivity index is 1.63. The van der Waals surface area contributed by atoms with Gasteiger partial charge in [-0.15, -0.1) is 0 Å². The van der Waals surface area contributed by atoms with Crippen molar-refractivity contribution in [1.29, 1.82) is 0 Å². The van der Waals surface area contributed by atoms with Crippen molar-refractivity contribution in [3.63, 3.8) is 0 Å². The van der Waals surface area contributed by atoms with Gasteiger partial charge in [-0.05, 0) is 18.9 Å². The zero-order valence-corrected chi connectivity index (χ0v) is 13.4. The minimum absolute atomic E-state index is 0.129. The van der Waals surface area contributed by atoms with Gasteiger partial charge in [-0.2, -0.15) is 9.97 Å². The largest absolute Gasteiger partial charge is 0.481 e.